The van der Waals surface area contributed by atoms with E-state index in [0.29, 0.717) is 11.5 Å². The quantitative estimate of drug-likeness (QED) is 0.866. The molecular formula is C18H27N3O3. The van der Waals surface area contributed by atoms with E-state index in [1.807, 2.05) is 4.90 Å². The van der Waals surface area contributed by atoms with E-state index < -0.39 is 0 Å². The molecule has 132 valence electrons. The van der Waals surface area contributed by atoms with E-state index in [4.69, 9.17) is 4.74 Å². The van der Waals surface area contributed by atoms with Crippen molar-refractivity contribution in [2.75, 3.05) is 53.0 Å². The van der Waals surface area contributed by atoms with Crippen LogP contribution in [-0.4, -0.2) is 78.8 Å². The highest BCUT2D eigenvalue weighted by atomic mass is 16.5. The zero-order chi connectivity index (χ0) is 17.0. The zero-order valence-electron chi connectivity index (χ0n) is 14.4. The number of ether oxygens (including phenoxy) is 1. The van der Waals surface area contributed by atoms with Gasteiger partial charge in [0.15, 0.2) is 0 Å². The molecule has 0 saturated carbocycles. The SMILES string of the molecule is COCCN1CC(CO)C2(CCN(C(=O)c3ccncc3)CC2)C1. The molecule has 2 aliphatic rings. The molecule has 3 heterocycles. The molecule has 0 aliphatic carbocycles. The van der Waals surface area contributed by atoms with Crippen LogP contribution in [0.5, 0.6) is 0 Å². The van der Waals surface area contributed by atoms with Crippen LogP contribution in [0.15, 0.2) is 24.5 Å². The molecule has 1 aromatic heterocycles. The maximum absolute atomic E-state index is 12.6. The number of nitrogens with zero attached hydrogens (tertiary/aromatic N) is 3. The van der Waals surface area contributed by atoms with Gasteiger partial charge in [0, 0.05) is 70.3 Å². The second-order valence-corrected chi connectivity index (χ2v) is 7.00. The fourth-order valence-corrected chi connectivity index (χ4v) is 4.18. The first kappa shape index (κ1) is 17.3. The van der Waals surface area contributed by atoms with Crippen LogP contribution in [0.25, 0.3) is 0 Å². The molecule has 6 nitrogen and oxygen atoms in total. The summed E-state index contributed by atoms with van der Waals surface area (Å²) in [4.78, 5) is 20.9. The smallest absolute Gasteiger partial charge is 0.253 e. The third kappa shape index (κ3) is 3.45. The Balaban J connectivity index is 1.62. The van der Waals surface area contributed by atoms with Crippen molar-refractivity contribution in [3.05, 3.63) is 30.1 Å². The lowest BCUT2D eigenvalue weighted by molar-refractivity contribution is 0.0399. The molecule has 24 heavy (non-hydrogen) atoms. The van der Waals surface area contributed by atoms with Crippen LogP contribution in [0.4, 0.5) is 0 Å². The summed E-state index contributed by atoms with van der Waals surface area (Å²) < 4.78 is 5.18. The van der Waals surface area contributed by atoms with E-state index in [2.05, 4.69) is 9.88 Å². The number of piperidine rings is 1. The van der Waals surface area contributed by atoms with Gasteiger partial charge in [-0.1, -0.05) is 0 Å². The van der Waals surface area contributed by atoms with Gasteiger partial charge in [-0.15, -0.1) is 0 Å². The van der Waals surface area contributed by atoms with Crippen molar-refractivity contribution < 1.29 is 14.6 Å². The Morgan fingerprint density at radius 3 is 2.71 bits per heavy atom. The monoisotopic (exact) mass is 333 g/mol. The molecule has 1 aromatic rings. The standard InChI is InChI=1S/C18H27N3O3/c1-24-11-10-20-12-16(13-22)18(14-20)4-8-21(9-5-18)17(23)15-2-6-19-7-3-15/h2-3,6-7,16,22H,4-5,8-14H2,1H3. The first-order valence-electron chi connectivity index (χ1n) is 8.70. The number of likely N-dealkylation sites (tertiary alicyclic amines) is 2. The zero-order valence-corrected chi connectivity index (χ0v) is 14.4. The van der Waals surface area contributed by atoms with Gasteiger partial charge in [-0.2, -0.15) is 0 Å². The van der Waals surface area contributed by atoms with E-state index in [1.54, 1.807) is 31.6 Å². The highest BCUT2D eigenvalue weighted by Gasteiger charge is 2.47. The third-order valence-corrected chi connectivity index (χ3v) is 5.69. The summed E-state index contributed by atoms with van der Waals surface area (Å²) in [6, 6.07) is 3.54. The van der Waals surface area contributed by atoms with Crippen LogP contribution < -0.4 is 0 Å². The lowest BCUT2D eigenvalue weighted by atomic mass is 9.71. The van der Waals surface area contributed by atoms with Gasteiger partial charge in [0.2, 0.25) is 0 Å². The molecule has 2 saturated heterocycles. The van der Waals surface area contributed by atoms with Crippen molar-refractivity contribution >= 4 is 5.91 Å². The minimum atomic E-state index is 0.0852. The molecule has 0 aromatic carbocycles. The van der Waals surface area contributed by atoms with Crippen LogP contribution in [0, 0.1) is 11.3 Å². The Hall–Kier alpha value is -1.50. The maximum atomic E-state index is 12.6. The van der Waals surface area contributed by atoms with E-state index in [-0.39, 0.29) is 17.9 Å². The molecule has 3 rings (SSSR count). The summed E-state index contributed by atoms with van der Waals surface area (Å²) in [5, 5.41) is 9.83. The molecular weight excluding hydrogens is 306 g/mol. The second kappa shape index (κ2) is 7.59. The van der Waals surface area contributed by atoms with Gasteiger partial charge < -0.3 is 19.6 Å². The van der Waals surface area contributed by atoms with Gasteiger partial charge in [-0.3, -0.25) is 9.78 Å². The predicted octanol–water partition coefficient (Wildman–Crippen LogP) is 0.874. The molecule has 0 bridgehead atoms. The Labute approximate surface area is 143 Å². The molecule has 2 aliphatic heterocycles. The number of amides is 1. The number of aliphatic hydroxyl groups is 1. The van der Waals surface area contributed by atoms with Crippen LogP contribution in [0.3, 0.4) is 0 Å². The Bertz CT molecular complexity index is 544. The summed E-state index contributed by atoms with van der Waals surface area (Å²) in [5.41, 5.74) is 0.838. The molecule has 1 unspecified atom stereocenters. The molecule has 0 radical (unpaired) electrons. The van der Waals surface area contributed by atoms with E-state index >= 15 is 0 Å². The van der Waals surface area contributed by atoms with Crippen LogP contribution in [0.2, 0.25) is 0 Å². The number of hydrogen-bond donors (Lipinski definition) is 1. The number of rotatable bonds is 5. The fourth-order valence-electron chi connectivity index (χ4n) is 4.18. The second-order valence-electron chi connectivity index (χ2n) is 7.00. The number of pyridine rings is 1. The van der Waals surface area contributed by atoms with Crippen molar-refractivity contribution in [2.24, 2.45) is 11.3 Å². The number of methoxy groups -OCH3 is 1. The largest absolute Gasteiger partial charge is 0.396 e. The highest BCUT2D eigenvalue weighted by Crippen LogP contribution is 2.44. The topological polar surface area (TPSA) is 65.9 Å². The molecule has 2 fully saturated rings. The van der Waals surface area contributed by atoms with Gasteiger partial charge in [-0.05, 0) is 30.4 Å². The lowest BCUT2D eigenvalue weighted by Gasteiger charge is -2.42. The van der Waals surface area contributed by atoms with E-state index in [1.165, 1.54) is 0 Å². The Morgan fingerprint density at radius 1 is 1.38 bits per heavy atom. The van der Waals surface area contributed by atoms with Crippen LogP contribution >= 0.6 is 0 Å². The maximum Gasteiger partial charge on any atom is 0.253 e. The lowest BCUT2D eigenvalue weighted by Crippen LogP contribution is -2.47. The summed E-state index contributed by atoms with van der Waals surface area (Å²) in [5.74, 6) is 0.384. The van der Waals surface area contributed by atoms with Crippen molar-refractivity contribution in [3.63, 3.8) is 0 Å². The average Bonchev–Trinajstić information content (AvgIpc) is 2.98. The molecule has 1 atom stereocenters. The van der Waals surface area contributed by atoms with Gasteiger partial charge in [0.25, 0.3) is 5.91 Å². The van der Waals surface area contributed by atoms with Gasteiger partial charge in [0.1, 0.15) is 0 Å². The number of carbonyl (C=O) groups excluding carboxylic acids is 1. The number of carbonyl (C=O) groups is 1. The summed E-state index contributed by atoms with van der Waals surface area (Å²) in [6.45, 7) is 5.31. The average molecular weight is 333 g/mol. The Kier molecular flexibility index (Phi) is 5.48. The third-order valence-electron chi connectivity index (χ3n) is 5.69. The summed E-state index contributed by atoms with van der Waals surface area (Å²) in [6.07, 6.45) is 5.23. The highest BCUT2D eigenvalue weighted by molar-refractivity contribution is 5.94. The Morgan fingerprint density at radius 2 is 2.08 bits per heavy atom. The molecule has 1 amide bonds. The fraction of sp³-hybridized carbons (Fsp3) is 0.667. The van der Waals surface area contributed by atoms with E-state index in [9.17, 15) is 9.90 Å². The normalized spacial score (nSPS) is 23.8. The van der Waals surface area contributed by atoms with Crippen molar-refractivity contribution in [2.45, 2.75) is 12.8 Å². The minimum absolute atomic E-state index is 0.0852. The first-order chi connectivity index (χ1) is 11.7. The minimum Gasteiger partial charge on any atom is -0.396 e. The van der Waals surface area contributed by atoms with Crippen molar-refractivity contribution in [1.29, 1.82) is 0 Å². The predicted molar refractivity (Wildman–Crippen MR) is 90.7 cm³/mol. The van der Waals surface area contributed by atoms with Crippen molar-refractivity contribution in [1.82, 2.24) is 14.8 Å². The summed E-state index contributed by atoms with van der Waals surface area (Å²) >= 11 is 0. The van der Waals surface area contributed by atoms with Crippen molar-refractivity contribution in [3.8, 4) is 0 Å². The summed E-state index contributed by atoms with van der Waals surface area (Å²) in [7, 11) is 1.72. The van der Waals surface area contributed by atoms with Gasteiger partial charge in [0.05, 0.1) is 6.61 Å². The molecule has 1 N–H and O–H groups in total. The first-order valence-corrected chi connectivity index (χ1v) is 8.70. The molecule has 6 heteroatoms. The van der Waals surface area contributed by atoms with Crippen LogP contribution in [0.1, 0.15) is 23.2 Å². The molecule has 1 spiro atoms. The number of hydrogen-bond acceptors (Lipinski definition) is 5. The number of aromatic nitrogens is 1. The van der Waals surface area contributed by atoms with E-state index in [0.717, 1.165) is 52.2 Å². The van der Waals surface area contributed by atoms with Gasteiger partial charge in [-0.25, -0.2) is 0 Å². The van der Waals surface area contributed by atoms with Crippen LogP contribution in [-0.2, 0) is 4.74 Å². The van der Waals surface area contributed by atoms with Gasteiger partial charge >= 0.3 is 0 Å². The number of aliphatic hydroxyl groups excluding tert-OH is 1.